The van der Waals surface area contributed by atoms with Crippen LogP contribution in [-0.4, -0.2) is 34.2 Å². The zero-order valence-corrected chi connectivity index (χ0v) is 10.3. The number of amides is 1. The molecule has 0 aliphatic carbocycles. The number of nitrogens with two attached hydrogens (primary N) is 1. The SMILES string of the molecule is Nc1nonc1C(=O)N1CCC(c2ccccc2)C1. The fraction of sp³-hybridized carbons (Fsp3) is 0.308. The van der Waals surface area contributed by atoms with E-state index in [1.807, 2.05) is 18.2 Å². The lowest BCUT2D eigenvalue weighted by Gasteiger charge is -2.15. The zero-order chi connectivity index (χ0) is 13.2. The van der Waals surface area contributed by atoms with Crippen LogP contribution >= 0.6 is 0 Å². The molecular weight excluding hydrogens is 244 g/mol. The summed E-state index contributed by atoms with van der Waals surface area (Å²) in [5, 5.41) is 6.99. The van der Waals surface area contributed by atoms with Gasteiger partial charge in [0.2, 0.25) is 11.5 Å². The van der Waals surface area contributed by atoms with Gasteiger partial charge >= 0.3 is 0 Å². The molecule has 6 heteroatoms. The number of nitrogens with zero attached hydrogens (tertiary/aromatic N) is 3. The number of carbonyl (C=O) groups excluding carboxylic acids is 1. The highest BCUT2D eigenvalue weighted by molar-refractivity contribution is 5.96. The minimum absolute atomic E-state index is 0.0492. The molecule has 0 saturated carbocycles. The average Bonchev–Trinajstić information content (AvgIpc) is 3.08. The smallest absolute Gasteiger partial charge is 0.280 e. The van der Waals surface area contributed by atoms with E-state index in [0.717, 1.165) is 6.42 Å². The van der Waals surface area contributed by atoms with Gasteiger partial charge in [0.05, 0.1) is 0 Å². The van der Waals surface area contributed by atoms with Crippen molar-refractivity contribution in [1.82, 2.24) is 15.2 Å². The molecule has 1 saturated heterocycles. The standard InChI is InChI=1S/C13H14N4O2/c14-12-11(15-19-16-12)13(18)17-7-6-10(8-17)9-4-2-1-3-5-9/h1-5,10H,6-8H2,(H2,14,16). The van der Waals surface area contributed by atoms with Crippen LogP contribution in [0.4, 0.5) is 5.82 Å². The molecule has 6 nitrogen and oxygen atoms in total. The Morgan fingerprint density at radius 1 is 1.32 bits per heavy atom. The number of anilines is 1. The van der Waals surface area contributed by atoms with Gasteiger partial charge in [0, 0.05) is 19.0 Å². The Hall–Kier alpha value is -2.37. The zero-order valence-electron chi connectivity index (χ0n) is 10.3. The number of hydrogen-bond acceptors (Lipinski definition) is 5. The first-order valence-electron chi connectivity index (χ1n) is 6.18. The lowest BCUT2D eigenvalue weighted by atomic mass is 9.99. The monoisotopic (exact) mass is 258 g/mol. The Morgan fingerprint density at radius 2 is 2.11 bits per heavy atom. The van der Waals surface area contributed by atoms with Crippen LogP contribution in [0.15, 0.2) is 35.0 Å². The molecule has 2 heterocycles. The third-order valence-electron chi connectivity index (χ3n) is 3.46. The number of carbonyl (C=O) groups is 1. The molecule has 2 N–H and O–H groups in total. The Bertz CT molecular complexity index is 581. The van der Waals surface area contributed by atoms with E-state index in [0.29, 0.717) is 19.0 Å². The van der Waals surface area contributed by atoms with Crippen LogP contribution in [0, 0.1) is 0 Å². The van der Waals surface area contributed by atoms with E-state index >= 15 is 0 Å². The van der Waals surface area contributed by atoms with Crippen molar-refractivity contribution in [1.29, 1.82) is 0 Å². The van der Waals surface area contributed by atoms with E-state index < -0.39 is 0 Å². The summed E-state index contributed by atoms with van der Waals surface area (Å²) < 4.78 is 4.46. The van der Waals surface area contributed by atoms with Crippen LogP contribution in [0.5, 0.6) is 0 Å². The summed E-state index contributed by atoms with van der Waals surface area (Å²) in [6, 6.07) is 10.2. The van der Waals surface area contributed by atoms with Crippen molar-refractivity contribution in [3.63, 3.8) is 0 Å². The predicted molar refractivity (Wildman–Crippen MR) is 68.4 cm³/mol. The van der Waals surface area contributed by atoms with Gasteiger partial charge in [0.25, 0.3) is 5.91 Å². The lowest BCUT2D eigenvalue weighted by Crippen LogP contribution is -2.29. The van der Waals surface area contributed by atoms with E-state index in [1.54, 1.807) is 4.90 Å². The first kappa shape index (κ1) is 11.7. The van der Waals surface area contributed by atoms with Gasteiger partial charge in [-0.15, -0.1) is 0 Å². The van der Waals surface area contributed by atoms with Crippen molar-refractivity contribution in [3.05, 3.63) is 41.6 Å². The van der Waals surface area contributed by atoms with Gasteiger partial charge in [0.1, 0.15) is 0 Å². The van der Waals surface area contributed by atoms with E-state index in [9.17, 15) is 4.79 Å². The molecule has 19 heavy (non-hydrogen) atoms. The Morgan fingerprint density at radius 3 is 2.79 bits per heavy atom. The van der Waals surface area contributed by atoms with Crippen LogP contribution in [0.2, 0.25) is 0 Å². The van der Waals surface area contributed by atoms with Gasteiger partial charge in [-0.1, -0.05) is 30.3 Å². The number of benzene rings is 1. The second-order valence-electron chi connectivity index (χ2n) is 4.65. The Labute approximate surface area is 110 Å². The van der Waals surface area contributed by atoms with Gasteiger partial charge in [-0.25, -0.2) is 4.63 Å². The van der Waals surface area contributed by atoms with Crippen molar-refractivity contribution >= 4 is 11.7 Å². The maximum absolute atomic E-state index is 12.2. The van der Waals surface area contributed by atoms with Gasteiger partial charge in [-0.05, 0) is 22.3 Å². The number of nitrogen functional groups attached to an aromatic ring is 1. The van der Waals surface area contributed by atoms with Crippen LogP contribution in [0.3, 0.4) is 0 Å². The number of rotatable bonds is 2. The molecule has 1 unspecified atom stereocenters. The molecule has 2 aromatic rings. The van der Waals surface area contributed by atoms with Crippen LogP contribution in [0.25, 0.3) is 0 Å². The molecule has 98 valence electrons. The van der Waals surface area contributed by atoms with Crippen molar-refractivity contribution < 1.29 is 9.42 Å². The van der Waals surface area contributed by atoms with Crippen molar-refractivity contribution in [2.45, 2.75) is 12.3 Å². The summed E-state index contributed by atoms with van der Waals surface area (Å²) in [7, 11) is 0. The topological polar surface area (TPSA) is 85.2 Å². The molecule has 1 aliphatic heterocycles. The average molecular weight is 258 g/mol. The maximum atomic E-state index is 12.2. The van der Waals surface area contributed by atoms with Crippen molar-refractivity contribution in [2.75, 3.05) is 18.8 Å². The molecule has 1 aromatic heterocycles. The largest absolute Gasteiger partial charge is 0.379 e. The van der Waals surface area contributed by atoms with Crippen LogP contribution < -0.4 is 5.73 Å². The highest BCUT2D eigenvalue weighted by Crippen LogP contribution is 2.28. The number of hydrogen-bond donors (Lipinski definition) is 1. The summed E-state index contributed by atoms with van der Waals surface area (Å²) in [5.41, 5.74) is 6.90. The molecule has 1 aromatic carbocycles. The number of likely N-dealkylation sites (tertiary alicyclic amines) is 1. The first-order chi connectivity index (χ1) is 9.25. The second-order valence-corrected chi connectivity index (χ2v) is 4.65. The van der Waals surface area contributed by atoms with E-state index in [4.69, 9.17) is 5.73 Å². The van der Waals surface area contributed by atoms with E-state index in [-0.39, 0.29) is 17.4 Å². The summed E-state index contributed by atoms with van der Waals surface area (Å²) in [6.45, 7) is 1.37. The fourth-order valence-electron chi connectivity index (χ4n) is 2.44. The maximum Gasteiger partial charge on any atom is 0.280 e. The summed E-state index contributed by atoms with van der Waals surface area (Å²) in [6.07, 6.45) is 0.945. The van der Waals surface area contributed by atoms with Crippen LogP contribution in [-0.2, 0) is 0 Å². The lowest BCUT2D eigenvalue weighted by molar-refractivity contribution is 0.0780. The van der Waals surface area contributed by atoms with Gasteiger partial charge in [-0.3, -0.25) is 4.79 Å². The normalized spacial score (nSPS) is 18.7. The minimum atomic E-state index is -0.211. The van der Waals surface area contributed by atoms with Gasteiger partial charge in [-0.2, -0.15) is 0 Å². The number of aromatic nitrogens is 2. The summed E-state index contributed by atoms with van der Waals surface area (Å²) in [5.74, 6) is 0.205. The highest BCUT2D eigenvalue weighted by Gasteiger charge is 2.30. The molecule has 3 rings (SSSR count). The first-order valence-corrected chi connectivity index (χ1v) is 6.18. The van der Waals surface area contributed by atoms with Crippen molar-refractivity contribution in [3.8, 4) is 0 Å². The highest BCUT2D eigenvalue weighted by atomic mass is 16.6. The molecule has 0 bridgehead atoms. The third kappa shape index (κ3) is 2.16. The molecule has 1 aliphatic rings. The van der Waals surface area contributed by atoms with Gasteiger partial charge in [0.15, 0.2) is 0 Å². The minimum Gasteiger partial charge on any atom is -0.379 e. The summed E-state index contributed by atoms with van der Waals surface area (Å²) >= 11 is 0. The fourth-order valence-corrected chi connectivity index (χ4v) is 2.44. The van der Waals surface area contributed by atoms with E-state index in [1.165, 1.54) is 5.56 Å². The van der Waals surface area contributed by atoms with Crippen molar-refractivity contribution in [2.24, 2.45) is 0 Å². The van der Waals surface area contributed by atoms with Crippen LogP contribution in [0.1, 0.15) is 28.4 Å². The Balaban J connectivity index is 1.73. The second kappa shape index (κ2) is 4.72. The molecule has 1 fully saturated rings. The van der Waals surface area contributed by atoms with E-state index in [2.05, 4.69) is 27.1 Å². The molecular formula is C13H14N4O2. The summed E-state index contributed by atoms with van der Waals surface area (Å²) in [4.78, 5) is 13.9. The predicted octanol–water partition coefficient (Wildman–Crippen LogP) is 1.28. The molecule has 0 radical (unpaired) electrons. The van der Waals surface area contributed by atoms with Gasteiger partial charge < -0.3 is 10.6 Å². The third-order valence-corrected chi connectivity index (χ3v) is 3.46. The quantitative estimate of drug-likeness (QED) is 0.877. The molecule has 0 spiro atoms. The molecule has 1 atom stereocenters. The molecule has 1 amide bonds. The Kier molecular flexibility index (Phi) is 2.91.